The minimum Gasteiger partial charge on any atom is -0.507 e. The third-order valence-corrected chi connectivity index (χ3v) is 6.41. The molecule has 2 heterocycles. The van der Waals surface area contributed by atoms with Crippen molar-refractivity contribution in [1.29, 1.82) is 0 Å². The zero-order valence-corrected chi connectivity index (χ0v) is 19.0. The molecular weight excluding hydrogens is 456 g/mol. The van der Waals surface area contributed by atoms with E-state index in [1.165, 1.54) is 4.90 Å². The zero-order chi connectivity index (χ0) is 22.3. The molecule has 1 aliphatic rings. The molecule has 0 spiro atoms. The van der Waals surface area contributed by atoms with E-state index in [2.05, 4.69) is 20.9 Å². The molecule has 31 heavy (non-hydrogen) atoms. The molecule has 1 N–H and O–H groups in total. The zero-order valence-electron chi connectivity index (χ0n) is 17.4. The Balaban J connectivity index is 1.98. The number of aromatic nitrogens is 1. The average molecular weight is 477 g/mol. The van der Waals surface area contributed by atoms with E-state index < -0.39 is 17.7 Å². The normalized spacial score (nSPS) is 17.9. The molecule has 1 atom stereocenters. The minimum absolute atomic E-state index is 0.0684. The first-order valence-electron chi connectivity index (χ1n) is 9.84. The molecule has 1 amide bonds. The first-order chi connectivity index (χ1) is 14.8. The monoisotopic (exact) mass is 476 g/mol. The number of aliphatic hydroxyl groups is 1. The predicted octanol–water partition coefficient (Wildman–Crippen LogP) is 5.40. The molecule has 156 valence electrons. The largest absolute Gasteiger partial charge is 0.507 e. The van der Waals surface area contributed by atoms with E-state index in [1.54, 1.807) is 36.7 Å². The van der Waals surface area contributed by atoms with Gasteiger partial charge in [0.15, 0.2) is 0 Å². The summed E-state index contributed by atoms with van der Waals surface area (Å²) in [5.74, 6) is -1.56. The number of pyridine rings is 1. The molecule has 0 aliphatic carbocycles. The highest BCUT2D eigenvalue weighted by atomic mass is 79.9. The predicted molar refractivity (Wildman–Crippen MR) is 124 cm³/mol. The number of ketones is 1. The Morgan fingerprint density at radius 3 is 2.35 bits per heavy atom. The second-order valence-corrected chi connectivity index (χ2v) is 8.56. The number of amides is 1. The number of carbonyl (C=O) groups excluding carboxylic acids is 2. The summed E-state index contributed by atoms with van der Waals surface area (Å²) in [4.78, 5) is 32.0. The highest BCUT2D eigenvalue weighted by molar-refractivity contribution is 9.10. The van der Waals surface area contributed by atoms with Crippen molar-refractivity contribution in [1.82, 2.24) is 4.98 Å². The number of anilines is 1. The fraction of sp³-hybridized carbons (Fsp3) is 0.160. The van der Waals surface area contributed by atoms with Crippen molar-refractivity contribution >= 4 is 39.1 Å². The van der Waals surface area contributed by atoms with Gasteiger partial charge in [0, 0.05) is 28.1 Å². The fourth-order valence-corrected chi connectivity index (χ4v) is 4.12. The molecule has 1 fully saturated rings. The smallest absolute Gasteiger partial charge is 0.300 e. The number of benzene rings is 2. The van der Waals surface area contributed by atoms with Crippen LogP contribution in [0.4, 0.5) is 5.69 Å². The summed E-state index contributed by atoms with van der Waals surface area (Å²) in [6, 6.07) is 13.9. The van der Waals surface area contributed by atoms with Crippen LogP contribution in [-0.2, 0) is 9.59 Å². The van der Waals surface area contributed by atoms with E-state index in [0.29, 0.717) is 16.8 Å². The maximum absolute atomic E-state index is 13.2. The van der Waals surface area contributed by atoms with Crippen LogP contribution in [0.15, 0.2) is 71.0 Å². The summed E-state index contributed by atoms with van der Waals surface area (Å²) in [7, 11) is 0. The summed E-state index contributed by atoms with van der Waals surface area (Å²) in [6.45, 7) is 5.73. The van der Waals surface area contributed by atoms with Gasteiger partial charge in [0.1, 0.15) is 5.76 Å². The first-order valence-corrected chi connectivity index (χ1v) is 10.6. The molecule has 0 radical (unpaired) electrons. The van der Waals surface area contributed by atoms with E-state index >= 15 is 0 Å². The Morgan fingerprint density at radius 2 is 1.68 bits per heavy atom. The highest BCUT2D eigenvalue weighted by Crippen LogP contribution is 2.43. The van der Waals surface area contributed by atoms with Gasteiger partial charge in [-0.1, -0.05) is 34.1 Å². The Labute approximate surface area is 189 Å². The van der Waals surface area contributed by atoms with Crippen LogP contribution in [-0.4, -0.2) is 21.8 Å². The third-order valence-electron chi connectivity index (χ3n) is 5.52. The highest BCUT2D eigenvalue weighted by Gasteiger charge is 2.47. The van der Waals surface area contributed by atoms with Crippen LogP contribution in [0.3, 0.4) is 0 Å². The number of hydrogen-bond acceptors (Lipinski definition) is 4. The quantitative estimate of drug-likeness (QED) is 0.312. The van der Waals surface area contributed by atoms with Crippen LogP contribution >= 0.6 is 15.9 Å². The lowest BCUT2D eigenvalue weighted by Crippen LogP contribution is -2.30. The van der Waals surface area contributed by atoms with Crippen molar-refractivity contribution in [3.8, 4) is 0 Å². The van der Waals surface area contributed by atoms with Gasteiger partial charge in [0.05, 0.1) is 11.6 Å². The second kappa shape index (κ2) is 8.12. The van der Waals surface area contributed by atoms with Crippen molar-refractivity contribution in [3.05, 3.63) is 98.8 Å². The van der Waals surface area contributed by atoms with E-state index in [9.17, 15) is 14.7 Å². The molecule has 3 aromatic rings. The summed E-state index contributed by atoms with van der Waals surface area (Å²) < 4.78 is 0.894. The Bertz CT molecular complexity index is 1230. The number of nitrogens with zero attached hydrogens (tertiary/aromatic N) is 2. The summed E-state index contributed by atoms with van der Waals surface area (Å²) in [5, 5.41) is 11.2. The molecule has 1 aliphatic heterocycles. The van der Waals surface area contributed by atoms with Gasteiger partial charge in [-0.25, -0.2) is 0 Å². The van der Waals surface area contributed by atoms with Gasteiger partial charge in [-0.2, -0.15) is 0 Å². The Kier molecular flexibility index (Phi) is 5.50. The van der Waals surface area contributed by atoms with Crippen LogP contribution in [0, 0.1) is 20.8 Å². The van der Waals surface area contributed by atoms with Crippen LogP contribution in [0.2, 0.25) is 0 Å². The van der Waals surface area contributed by atoms with Crippen LogP contribution < -0.4 is 4.90 Å². The number of carbonyl (C=O) groups is 2. The van der Waals surface area contributed by atoms with E-state index in [0.717, 1.165) is 21.2 Å². The minimum atomic E-state index is -0.757. The molecular formula is C25H21BrN2O3. The lowest BCUT2D eigenvalue weighted by molar-refractivity contribution is -0.132. The number of hydrogen-bond donors (Lipinski definition) is 1. The van der Waals surface area contributed by atoms with Gasteiger partial charge in [-0.05, 0) is 73.4 Å². The van der Waals surface area contributed by atoms with Gasteiger partial charge < -0.3 is 5.11 Å². The van der Waals surface area contributed by atoms with Crippen molar-refractivity contribution in [2.75, 3.05) is 4.90 Å². The summed E-state index contributed by atoms with van der Waals surface area (Å²) >= 11 is 3.45. The summed E-state index contributed by atoms with van der Waals surface area (Å²) in [6.07, 6.45) is 3.23. The molecule has 4 rings (SSSR count). The number of rotatable bonds is 3. The molecule has 2 aromatic carbocycles. The lowest BCUT2D eigenvalue weighted by Gasteiger charge is -2.27. The molecule has 6 heteroatoms. The number of halogens is 1. The Hall–Kier alpha value is -3.25. The number of Topliss-reactive ketones (excluding diaryl/α,β-unsaturated/α-hetero) is 1. The lowest BCUT2D eigenvalue weighted by atomic mass is 9.95. The van der Waals surface area contributed by atoms with Crippen LogP contribution in [0.5, 0.6) is 0 Å². The average Bonchev–Trinajstić information content (AvgIpc) is 3.02. The van der Waals surface area contributed by atoms with Gasteiger partial charge >= 0.3 is 0 Å². The molecule has 1 saturated heterocycles. The van der Waals surface area contributed by atoms with Gasteiger partial charge in [0.2, 0.25) is 0 Å². The van der Waals surface area contributed by atoms with Gasteiger partial charge in [-0.3, -0.25) is 19.5 Å². The SMILES string of the molecule is Cc1ccc(C)c(N2C(=O)C(=O)/C(=C(\O)c3ccc(Br)c(C)c3)C2c2ccncc2)c1. The van der Waals surface area contributed by atoms with Crippen LogP contribution in [0.1, 0.15) is 33.9 Å². The van der Waals surface area contributed by atoms with Crippen molar-refractivity contribution in [2.24, 2.45) is 0 Å². The second-order valence-electron chi connectivity index (χ2n) is 7.70. The molecule has 5 nitrogen and oxygen atoms in total. The topological polar surface area (TPSA) is 70.5 Å². The molecule has 0 bridgehead atoms. The van der Waals surface area contributed by atoms with Crippen LogP contribution in [0.25, 0.3) is 5.76 Å². The standard InChI is InChI=1S/C25H21BrN2O3/c1-14-4-5-15(2)20(12-14)28-22(17-8-10-27-11-9-17)21(24(30)25(28)31)23(29)18-6-7-19(26)16(3)13-18/h4-13,22,29H,1-3H3/b23-21-. The van der Waals surface area contributed by atoms with E-state index in [4.69, 9.17) is 0 Å². The molecule has 0 saturated carbocycles. The molecule has 1 aromatic heterocycles. The third kappa shape index (κ3) is 3.68. The van der Waals surface area contributed by atoms with E-state index in [-0.39, 0.29) is 11.3 Å². The van der Waals surface area contributed by atoms with Crippen molar-refractivity contribution < 1.29 is 14.7 Å². The van der Waals surface area contributed by atoms with Gasteiger partial charge in [-0.15, -0.1) is 0 Å². The van der Waals surface area contributed by atoms with Crippen molar-refractivity contribution in [3.63, 3.8) is 0 Å². The fourth-order valence-electron chi connectivity index (χ4n) is 3.87. The number of aliphatic hydroxyl groups excluding tert-OH is 1. The number of aryl methyl sites for hydroxylation is 3. The first kappa shape index (κ1) is 21.0. The van der Waals surface area contributed by atoms with Crippen molar-refractivity contribution in [2.45, 2.75) is 26.8 Å². The summed E-state index contributed by atoms with van der Waals surface area (Å²) in [5.41, 5.74) is 4.65. The van der Waals surface area contributed by atoms with Gasteiger partial charge in [0.25, 0.3) is 11.7 Å². The maximum atomic E-state index is 13.2. The van der Waals surface area contributed by atoms with E-state index in [1.807, 2.05) is 45.0 Å². The Morgan fingerprint density at radius 1 is 0.968 bits per heavy atom. The molecule has 1 unspecified atom stereocenters. The maximum Gasteiger partial charge on any atom is 0.300 e.